The molecule has 0 aliphatic rings. The van der Waals surface area contributed by atoms with Crippen LogP contribution in [0.3, 0.4) is 0 Å². The van der Waals surface area contributed by atoms with Crippen LogP contribution in [0.5, 0.6) is 0 Å². The Morgan fingerprint density at radius 3 is 2.12 bits per heavy atom. The molecule has 0 saturated heterocycles. The van der Waals surface area contributed by atoms with E-state index in [-0.39, 0.29) is 5.25 Å². The lowest BCUT2D eigenvalue weighted by molar-refractivity contribution is -0.107. The second-order valence-electron chi connectivity index (χ2n) is 1.08. The van der Waals surface area contributed by atoms with E-state index in [1.54, 1.807) is 11.8 Å². The third kappa shape index (κ3) is 9.10. The molecule has 2 nitrogen and oxygen atoms in total. The molecule has 3 heteroatoms. The smallest absolute Gasteiger partial charge is 0.132 e. The van der Waals surface area contributed by atoms with Gasteiger partial charge in [-0.25, -0.2) is 0 Å². The van der Waals surface area contributed by atoms with E-state index in [0.29, 0.717) is 0 Å². The standard InChI is InChI=1S/C4H8OS.CN/c1-4(3-5)6-2;1-2/h3-4H,1-2H3;/q;-1. The summed E-state index contributed by atoms with van der Waals surface area (Å²) in [5.41, 5.74) is 0. The molecule has 0 saturated carbocycles. The molecule has 0 aromatic carbocycles. The number of carbonyl (C=O) groups excluding carboxylic acids is 1. The summed E-state index contributed by atoms with van der Waals surface area (Å²) < 4.78 is 0. The van der Waals surface area contributed by atoms with Gasteiger partial charge in [-0.3, -0.25) is 0 Å². The van der Waals surface area contributed by atoms with Crippen LogP contribution in [-0.4, -0.2) is 17.8 Å². The second-order valence-corrected chi connectivity index (χ2v) is 2.29. The molecule has 0 rings (SSSR count). The van der Waals surface area contributed by atoms with Crippen molar-refractivity contribution in [1.29, 1.82) is 5.26 Å². The highest BCUT2D eigenvalue weighted by atomic mass is 32.2. The topological polar surface area (TPSA) is 40.9 Å². The fourth-order valence-corrected chi connectivity index (χ4v) is 0.167. The van der Waals surface area contributed by atoms with Crippen LogP contribution in [0.2, 0.25) is 0 Å². The van der Waals surface area contributed by atoms with Crippen molar-refractivity contribution in [3.8, 4) is 0 Å². The summed E-state index contributed by atoms with van der Waals surface area (Å²) in [6.07, 6.45) is 2.85. The first-order valence-electron chi connectivity index (χ1n) is 2.01. The molecule has 0 fully saturated rings. The van der Waals surface area contributed by atoms with Gasteiger partial charge in [0, 0.05) is 0 Å². The van der Waals surface area contributed by atoms with E-state index in [2.05, 4.69) is 0 Å². The molecule has 0 aliphatic carbocycles. The minimum Gasteiger partial charge on any atom is -0.512 e. The van der Waals surface area contributed by atoms with Crippen molar-refractivity contribution < 1.29 is 4.79 Å². The largest absolute Gasteiger partial charge is 0.512 e. The Kier molecular flexibility index (Phi) is 12.7. The average molecular weight is 130 g/mol. The van der Waals surface area contributed by atoms with E-state index in [9.17, 15) is 4.79 Å². The van der Waals surface area contributed by atoms with Crippen LogP contribution in [-0.2, 0) is 4.79 Å². The lowest BCUT2D eigenvalue weighted by Gasteiger charge is -1.89. The maximum absolute atomic E-state index is 9.72. The summed E-state index contributed by atoms with van der Waals surface area (Å²) in [7, 11) is 0. The van der Waals surface area contributed by atoms with E-state index in [1.807, 2.05) is 13.2 Å². The van der Waals surface area contributed by atoms with E-state index < -0.39 is 0 Å². The maximum Gasteiger partial charge on any atom is 0.132 e. The van der Waals surface area contributed by atoms with Crippen molar-refractivity contribution in [2.45, 2.75) is 12.2 Å². The number of aldehydes is 1. The molecule has 46 valence electrons. The number of thioether (sulfide) groups is 1. The number of hydrogen-bond donors (Lipinski definition) is 0. The molecule has 1 unspecified atom stereocenters. The Bertz CT molecular complexity index is 72.1. The van der Waals surface area contributed by atoms with Crippen LogP contribution in [0.15, 0.2) is 0 Å². The normalized spacial score (nSPS) is 10.5. The predicted molar refractivity (Wildman–Crippen MR) is 34.0 cm³/mol. The molecule has 8 heavy (non-hydrogen) atoms. The predicted octanol–water partition coefficient (Wildman–Crippen LogP) is 1.03. The van der Waals surface area contributed by atoms with Crippen molar-refractivity contribution in [3.63, 3.8) is 0 Å². The number of carbonyl (C=O) groups is 1. The summed E-state index contributed by atoms with van der Waals surface area (Å²) in [5, 5.41) is 6.42. The first-order chi connectivity index (χ1) is 3.81. The zero-order chi connectivity index (χ0) is 6.99. The summed E-state index contributed by atoms with van der Waals surface area (Å²) in [4.78, 5) is 9.72. The van der Waals surface area contributed by atoms with Crippen LogP contribution in [0.1, 0.15) is 6.92 Å². The Balaban J connectivity index is 0. The lowest BCUT2D eigenvalue weighted by Crippen LogP contribution is -1.92. The zero-order valence-electron chi connectivity index (χ0n) is 4.92. The van der Waals surface area contributed by atoms with Gasteiger partial charge in [0.15, 0.2) is 0 Å². The lowest BCUT2D eigenvalue weighted by atomic mass is 10.5. The van der Waals surface area contributed by atoms with Crippen molar-refractivity contribution in [2.24, 2.45) is 0 Å². The maximum atomic E-state index is 9.72. The van der Waals surface area contributed by atoms with Gasteiger partial charge in [-0.15, -0.1) is 0 Å². The quantitative estimate of drug-likeness (QED) is 0.414. The van der Waals surface area contributed by atoms with Crippen molar-refractivity contribution in [2.75, 3.05) is 6.26 Å². The van der Waals surface area contributed by atoms with E-state index in [4.69, 9.17) is 11.8 Å². The minimum atomic E-state index is 0.171. The van der Waals surface area contributed by atoms with Crippen LogP contribution < -0.4 is 0 Å². The number of nitrogens with zero attached hydrogens (tertiary/aromatic N) is 1. The van der Waals surface area contributed by atoms with Gasteiger partial charge in [0.2, 0.25) is 0 Å². The molecule has 0 heterocycles. The first kappa shape index (κ1) is 10.5. The molecular formula is C5H8NOS-. The Labute approximate surface area is 53.9 Å². The fourth-order valence-electron chi connectivity index (χ4n) is 0.0556. The summed E-state index contributed by atoms with van der Waals surface area (Å²) in [6.45, 7) is 6.62. The molecule has 0 amide bonds. The fraction of sp³-hybridized carbons (Fsp3) is 0.600. The summed E-state index contributed by atoms with van der Waals surface area (Å²) in [5.74, 6) is 0. The van der Waals surface area contributed by atoms with Gasteiger partial charge >= 0.3 is 0 Å². The highest BCUT2D eigenvalue weighted by Crippen LogP contribution is 1.98. The van der Waals surface area contributed by atoms with Crippen molar-refractivity contribution in [3.05, 3.63) is 6.57 Å². The first-order valence-corrected chi connectivity index (χ1v) is 3.30. The molecule has 1 atom stereocenters. The van der Waals surface area contributed by atoms with Gasteiger partial charge in [0.1, 0.15) is 6.29 Å². The molecule has 0 radical (unpaired) electrons. The molecular weight excluding hydrogens is 122 g/mol. The average Bonchev–Trinajstić information content (AvgIpc) is 1.91. The highest BCUT2D eigenvalue weighted by molar-refractivity contribution is 7.99. The highest BCUT2D eigenvalue weighted by Gasteiger charge is 1.89. The molecule has 0 aromatic rings. The monoisotopic (exact) mass is 130 g/mol. The number of rotatable bonds is 2. The molecule has 0 spiro atoms. The molecule has 0 N–H and O–H groups in total. The van der Waals surface area contributed by atoms with Gasteiger partial charge in [0.25, 0.3) is 0 Å². The Morgan fingerprint density at radius 1 is 1.75 bits per heavy atom. The second kappa shape index (κ2) is 9.72. The summed E-state index contributed by atoms with van der Waals surface area (Å²) >= 11 is 1.56. The van der Waals surface area contributed by atoms with E-state index in [0.717, 1.165) is 6.29 Å². The van der Waals surface area contributed by atoms with Gasteiger partial charge in [0.05, 0.1) is 5.25 Å². The number of hydrogen-bond acceptors (Lipinski definition) is 3. The third-order valence-electron chi connectivity index (χ3n) is 0.563. The Morgan fingerprint density at radius 2 is 2.12 bits per heavy atom. The molecule has 0 aliphatic heterocycles. The summed E-state index contributed by atoms with van der Waals surface area (Å²) in [6, 6.07) is 0. The zero-order valence-corrected chi connectivity index (χ0v) is 5.73. The van der Waals surface area contributed by atoms with Crippen LogP contribution in [0, 0.1) is 11.8 Å². The van der Waals surface area contributed by atoms with Crippen LogP contribution in [0.25, 0.3) is 0 Å². The van der Waals surface area contributed by atoms with Gasteiger partial charge in [-0.1, -0.05) is 0 Å². The molecule has 0 bridgehead atoms. The van der Waals surface area contributed by atoms with Crippen molar-refractivity contribution in [1.82, 2.24) is 0 Å². The van der Waals surface area contributed by atoms with Crippen LogP contribution >= 0.6 is 11.8 Å². The van der Waals surface area contributed by atoms with Crippen LogP contribution in [0.4, 0.5) is 0 Å². The Hall–Kier alpha value is -0.490. The van der Waals surface area contributed by atoms with E-state index >= 15 is 0 Å². The minimum absolute atomic E-state index is 0.171. The SMILES string of the molecule is CSC(C)C=O.[C-]#N. The third-order valence-corrected chi connectivity index (χ3v) is 1.42. The van der Waals surface area contributed by atoms with E-state index in [1.165, 1.54) is 0 Å². The van der Waals surface area contributed by atoms with Gasteiger partial charge < -0.3 is 16.6 Å². The van der Waals surface area contributed by atoms with Gasteiger partial charge in [-0.2, -0.15) is 11.8 Å². The van der Waals surface area contributed by atoms with Crippen molar-refractivity contribution >= 4 is 18.0 Å². The van der Waals surface area contributed by atoms with Gasteiger partial charge in [-0.05, 0) is 13.2 Å². The molecule has 0 aromatic heterocycles.